The van der Waals surface area contributed by atoms with Gasteiger partial charge in [0.25, 0.3) is 5.91 Å². The van der Waals surface area contributed by atoms with Crippen LogP contribution in [0, 0.1) is 11.3 Å². The molecule has 0 aromatic rings. The number of hydrogen-bond acceptors (Lipinski definition) is 8. The number of carboxylic acids is 1. The minimum absolute atomic E-state index is 0.00515. The first-order valence-electron chi connectivity index (χ1n) is 8.93. The summed E-state index contributed by atoms with van der Waals surface area (Å²) in [4.78, 5) is 35.9. The highest BCUT2D eigenvalue weighted by molar-refractivity contribution is 7.82. The normalized spacial score (nSPS) is 21.3. The first-order valence-corrected chi connectivity index (χ1v) is 10.3. The predicted molar refractivity (Wildman–Crippen MR) is 99.8 cm³/mol. The fraction of sp³-hybridized carbons (Fsp3) is 0.733. The number of aliphatic carboxylic acids is 1. The molecule has 166 valence electrons. The summed E-state index contributed by atoms with van der Waals surface area (Å²) in [5.41, 5.74) is 5.15. The number of hydrogen-bond donors (Lipinski definition) is 6. The molecular weight excluding hydrogens is 410 g/mol. The van der Waals surface area contributed by atoms with Gasteiger partial charge in [0, 0.05) is 13.1 Å². The van der Waals surface area contributed by atoms with E-state index < -0.39 is 46.4 Å². The molecule has 0 unspecified atom stereocenters. The lowest BCUT2D eigenvalue weighted by atomic mass is 10.0. The molecule has 0 aromatic carbocycles. The first-order chi connectivity index (χ1) is 13.4. The number of guanidine groups is 1. The highest BCUT2D eigenvalue weighted by Crippen LogP contribution is 2.21. The summed E-state index contributed by atoms with van der Waals surface area (Å²) < 4.78 is 31.3. The van der Waals surface area contributed by atoms with Crippen LogP contribution in [0.25, 0.3) is 0 Å². The molecule has 29 heavy (non-hydrogen) atoms. The van der Waals surface area contributed by atoms with Crippen molar-refractivity contribution in [2.45, 2.75) is 51.4 Å². The van der Waals surface area contributed by atoms with Crippen LogP contribution in [-0.2, 0) is 33.1 Å². The van der Waals surface area contributed by atoms with Gasteiger partial charge in [-0.25, -0.2) is 13.2 Å². The Morgan fingerprint density at radius 2 is 1.66 bits per heavy atom. The van der Waals surface area contributed by atoms with Crippen molar-refractivity contribution in [3.05, 3.63) is 0 Å². The summed E-state index contributed by atoms with van der Waals surface area (Å²) in [6.45, 7) is 4.42. The van der Waals surface area contributed by atoms with E-state index in [9.17, 15) is 22.8 Å². The molecule has 0 aliphatic carbocycles. The minimum atomic E-state index is -4.62. The van der Waals surface area contributed by atoms with Crippen molar-refractivity contribution in [1.82, 2.24) is 16.0 Å². The Kier molecular flexibility index (Phi) is 9.26. The van der Waals surface area contributed by atoms with E-state index in [1.54, 1.807) is 0 Å². The molecule has 7 N–H and O–H groups in total. The summed E-state index contributed by atoms with van der Waals surface area (Å²) in [7, 11) is -4.62. The van der Waals surface area contributed by atoms with E-state index in [1.807, 2.05) is 13.8 Å². The zero-order valence-electron chi connectivity index (χ0n) is 16.1. The van der Waals surface area contributed by atoms with Gasteiger partial charge in [-0.1, -0.05) is 13.8 Å². The van der Waals surface area contributed by atoms with Crippen LogP contribution in [0.15, 0.2) is 0 Å². The second-order valence-corrected chi connectivity index (χ2v) is 8.01. The van der Waals surface area contributed by atoms with Crippen molar-refractivity contribution in [3.8, 4) is 0 Å². The third-order valence-corrected chi connectivity index (χ3v) is 4.66. The zero-order chi connectivity index (χ0) is 22.2. The molecule has 1 rings (SSSR count). The summed E-state index contributed by atoms with van der Waals surface area (Å²) >= 11 is 0. The molecule has 0 bridgehead atoms. The van der Waals surface area contributed by atoms with E-state index in [1.165, 1.54) is 0 Å². The summed E-state index contributed by atoms with van der Waals surface area (Å²) in [5.74, 6) is -3.40. The molecular formula is C15H27N5O8S. The van der Waals surface area contributed by atoms with Gasteiger partial charge in [0.1, 0.15) is 6.04 Å². The zero-order valence-corrected chi connectivity index (χ0v) is 17.0. The molecule has 1 saturated heterocycles. The van der Waals surface area contributed by atoms with E-state index >= 15 is 0 Å². The van der Waals surface area contributed by atoms with Gasteiger partial charge in [0.2, 0.25) is 12.0 Å². The Hall–Kier alpha value is -2.45. The number of nitrogens with one attached hydrogen (secondary N) is 4. The first kappa shape index (κ1) is 24.6. The van der Waals surface area contributed by atoms with Gasteiger partial charge in [-0.05, 0) is 25.2 Å². The average molecular weight is 437 g/mol. The van der Waals surface area contributed by atoms with Crippen LogP contribution in [0.2, 0.25) is 0 Å². The Labute approximate surface area is 168 Å². The second-order valence-electron chi connectivity index (χ2n) is 6.81. The number of carbonyl (C=O) groups excluding carboxylic acids is 2. The van der Waals surface area contributed by atoms with Crippen molar-refractivity contribution in [2.75, 3.05) is 13.1 Å². The SMILES string of the molecule is CC(C)C[C@H](NC(=O)[C@H]1OS(=O)(=O)O[C@@H]1C(=O)O)C(=O)NCCCCNC(=N)N. The number of carboxylic acid groups (broad SMARTS) is 1. The highest BCUT2D eigenvalue weighted by atomic mass is 32.3. The second kappa shape index (κ2) is 10.9. The van der Waals surface area contributed by atoms with Crippen molar-refractivity contribution in [2.24, 2.45) is 11.7 Å². The van der Waals surface area contributed by atoms with Gasteiger partial charge in [-0.3, -0.25) is 15.0 Å². The molecule has 0 aromatic heterocycles. The molecule has 1 aliphatic rings. The van der Waals surface area contributed by atoms with E-state index in [-0.39, 0.29) is 18.3 Å². The average Bonchev–Trinajstić information content (AvgIpc) is 2.92. The van der Waals surface area contributed by atoms with Crippen LogP contribution in [0.3, 0.4) is 0 Å². The lowest BCUT2D eigenvalue weighted by molar-refractivity contribution is -0.150. The molecule has 1 aliphatic heterocycles. The third kappa shape index (κ3) is 8.62. The predicted octanol–water partition coefficient (Wildman–Crippen LogP) is -1.99. The van der Waals surface area contributed by atoms with E-state index in [4.69, 9.17) is 16.2 Å². The number of amides is 2. The van der Waals surface area contributed by atoms with Crippen LogP contribution >= 0.6 is 0 Å². The summed E-state index contributed by atoms with van der Waals surface area (Å²) in [6.07, 6.45) is -2.49. The lowest BCUT2D eigenvalue weighted by Crippen LogP contribution is -2.53. The molecule has 13 nitrogen and oxygen atoms in total. The smallest absolute Gasteiger partial charge is 0.401 e. The maximum atomic E-state index is 12.4. The highest BCUT2D eigenvalue weighted by Gasteiger charge is 2.49. The van der Waals surface area contributed by atoms with Gasteiger partial charge in [-0.15, -0.1) is 0 Å². The number of rotatable bonds is 11. The number of carbonyl (C=O) groups is 3. The van der Waals surface area contributed by atoms with Crippen molar-refractivity contribution in [1.29, 1.82) is 5.41 Å². The maximum Gasteiger partial charge on any atom is 0.401 e. The number of unbranched alkanes of at least 4 members (excludes halogenated alkanes) is 1. The molecule has 14 heteroatoms. The molecule has 1 heterocycles. The van der Waals surface area contributed by atoms with Crippen LogP contribution in [-0.4, -0.2) is 68.6 Å². The molecule has 2 amide bonds. The van der Waals surface area contributed by atoms with Gasteiger partial charge < -0.3 is 26.8 Å². The summed E-state index contributed by atoms with van der Waals surface area (Å²) in [5, 5.41) is 23.7. The van der Waals surface area contributed by atoms with Crippen LogP contribution in [0.4, 0.5) is 0 Å². The Balaban J connectivity index is 2.65. The Morgan fingerprint density at radius 1 is 1.10 bits per heavy atom. The Bertz CT molecular complexity index is 726. The topological polar surface area (TPSA) is 210 Å². The van der Waals surface area contributed by atoms with Gasteiger partial charge in [0.15, 0.2) is 12.1 Å². The maximum absolute atomic E-state index is 12.4. The van der Waals surface area contributed by atoms with Crippen LogP contribution in [0.1, 0.15) is 33.1 Å². The largest absolute Gasteiger partial charge is 0.479 e. The van der Waals surface area contributed by atoms with E-state index in [0.29, 0.717) is 25.9 Å². The minimum Gasteiger partial charge on any atom is -0.479 e. The van der Waals surface area contributed by atoms with Gasteiger partial charge in [-0.2, -0.15) is 8.42 Å². The molecule has 1 fully saturated rings. The van der Waals surface area contributed by atoms with Crippen molar-refractivity contribution < 1.29 is 36.3 Å². The fourth-order valence-corrected chi connectivity index (χ4v) is 3.42. The van der Waals surface area contributed by atoms with Crippen molar-refractivity contribution >= 4 is 34.1 Å². The third-order valence-electron chi connectivity index (χ3n) is 3.78. The van der Waals surface area contributed by atoms with Crippen LogP contribution < -0.4 is 21.7 Å². The monoisotopic (exact) mass is 437 g/mol. The molecule has 0 spiro atoms. The van der Waals surface area contributed by atoms with Crippen LogP contribution in [0.5, 0.6) is 0 Å². The lowest BCUT2D eigenvalue weighted by Gasteiger charge is -2.22. The molecule has 0 saturated carbocycles. The quantitative estimate of drug-likeness (QED) is 0.119. The Morgan fingerprint density at radius 3 is 2.17 bits per heavy atom. The van der Waals surface area contributed by atoms with E-state index in [0.717, 1.165) is 0 Å². The molecule has 3 atom stereocenters. The van der Waals surface area contributed by atoms with E-state index in [2.05, 4.69) is 24.3 Å². The molecule has 0 radical (unpaired) electrons. The van der Waals surface area contributed by atoms with Crippen molar-refractivity contribution in [3.63, 3.8) is 0 Å². The van der Waals surface area contributed by atoms with Gasteiger partial charge >= 0.3 is 16.4 Å². The summed E-state index contributed by atoms with van der Waals surface area (Å²) in [6, 6.07) is -1.01. The van der Waals surface area contributed by atoms with Gasteiger partial charge in [0.05, 0.1) is 0 Å². The number of nitrogens with two attached hydrogens (primary N) is 1. The fourth-order valence-electron chi connectivity index (χ4n) is 2.49. The standard InChI is InChI=1S/C15H27N5O8S/c1-8(2)7-9(12(21)18-5-3-4-6-19-15(16)17)20-13(22)10-11(14(23)24)28-29(25,26)27-10/h8-11H,3-7H2,1-2H3,(H,18,21)(H,20,22)(H,23,24)(H4,16,17,19)/t9-,10-,11-/m0/s1.